The average molecular weight is 399 g/mol. The van der Waals surface area contributed by atoms with Gasteiger partial charge < -0.3 is 26.9 Å². The van der Waals surface area contributed by atoms with Gasteiger partial charge >= 0.3 is 0 Å². The molecule has 1 N–H and O–H groups in total. The lowest BCUT2D eigenvalue weighted by Gasteiger charge is -2.41. The Hall–Kier alpha value is -0.910. The molecule has 0 aromatic heterocycles. The zero-order valence-electron chi connectivity index (χ0n) is 14.7. The number of halogens is 2. The van der Waals surface area contributed by atoms with Gasteiger partial charge in [0.25, 0.3) is 0 Å². The Morgan fingerprint density at radius 3 is 2.52 bits per heavy atom. The molecule has 1 aliphatic rings. The van der Waals surface area contributed by atoms with E-state index < -0.39 is 0 Å². The summed E-state index contributed by atoms with van der Waals surface area (Å²) >= 11 is 8.07. The van der Waals surface area contributed by atoms with E-state index in [0.29, 0.717) is 6.04 Å². The normalized spacial score (nSPS) is 14.4. The van der Waals surface area contributed by atoms with Crippen LogP contribution < -0.4 is 17.3 Å². The number of aliphatic hydroxyl groups excluding tert-OH is 1. The maximum atomic E-state index is 9.36. The molecule has 0 spiro atoms. The van der Waals surface area contributed by atoms with Crippen LogP contribution in [0.4, 0.5) is 11.4 Å². The van der Waals surface area contributed by atoms with Gasteiger partial charge in [-0.25, -0.2) is 0 Å². The number of fused-ring (bicyclic) bond motifs is 2. The van der Waals surface area contributed by atoms with Crippen LogP contribution in [0.3, 0.4) is 0 Å². The largest absolute Gasteiger partial charge is 1.00 e. The Kier molecular flexibility index (Phi) is 6.68. The van der Waals surface area contributed by atoms with Gasteiger partial charge in [-0.3, -0.25) is 0 Å². The third-order valence-corrected chi connectivity index (χ3v) is 6.27. The van der Waals surface area contributed by atoms with Crippen molar-refractivity contribution < 1.29 is 22.0 Å². The zero-order chi connectivity index (χ0) is 17.3. The molecule has 1 unspecified atom stereocenters. The van der Waals surface area contributed by atoms with Gasteiger partial charge in [0.15, 0.2) is 0 Å². The Morgan fingerprint density at radius 1 is 1.12 bits per heavy atom. The maximum Gasteiger partial charge on any atom is 0.104 e. The van der Waals surface area contributed by atoms with Gasteiger partial charge in [-0.2, -0.15) is 0 Å². The number of nitrogens with zero attached hydrogens (tertiary/aromatic N) is 2. The van der Waals surface area contributed by atoms with E-state index in [1.54, 1.807) is 11.8 Å². The van der Waals surface area contributed by atoms with E-state index >= 15 is 0 Å². The molecule has 0 bridgehead atoms. The number of likely N-dealkylation sites (N-methyl/N-ethyl adjacent to an activating group) is 1. The van der Waals surface area contributed by atoms with Crippen molar-refractivity contribution in [3.8, 4) is 0 Å². The summed E-state index contributed by atoms with van der Waals surface area (Å²) in [6, 6.07) is 15.0. The third kappa shape index (κ3) is 4.26. The second-order valence-corrected chi connectivity index (χ2v) is 8.39. The van der Waals surface area contributed by atoms with Gasteiger partial charge in [0.2, 0.25) is 0 Å². The van der Waals surface area contributed by atoms with Crippen molar-refractivity contribution in [2.24, 2.45) is 0 Å². The van der Waals surface area contributed by atoms with Gasteiger partial charge in [-0.05, 0) is 37.3 Å². The van der Waals surface area contributed by atoms with Crippen molar-refractivity contribution in [3.05, 3.63) is 47.5 Å². The first-order valence-electron chi connectivity index (χ1n) is 8.20. The van der Waals surface area contributed by atoms with Crippen molar-refractivity contribution in [1.82, 2.24) is 0 Å². The molecule has 0 saturated heterocycles. The molecular formula is C19H24Cl2N2OS. The molecule has 0 radical (unpaired) electrons. The second kappa shape index (κ2) is 8.19. The van der Waals surface area contributed by atoms with Crippen LogP contribution in [0.15, 0.2) is 52.3 Å². The first kappa shape index (κ1) is 20.4. The quantitative estimate of drug-likeness (QED) is 0.770. The van der Waals surface area contributed by atoms with Gasteiger partial charge in [0, 0.05) is 14.8 Å². The standard InChI is InChI=1S/C19H24ClN2OS.ClH/c1-14(22(2,3)10-11-23)13-21-16-6-4-5-7-18(16)24-19-9-8-15(20)12-17(19)21;/h4-9,12,14,23H,10-11,13H2,1-3H3;1H/q+1;/p-1. The number of anilines is 2. The molecule has 0 saturated carbocycles. The third-order valence-electron chi connectivity index (χ3n) is 4.90. The van der Waals surface area contributed by atoms with E-state index in [0.717, 1.165) is 22.6 Å². The van der Waals surface area contributed by atoms with E-state index in [2.05, 4.69) is 62.3 Å². The molecule has 1 atom stereocenters. The molecule has 136 valence electrons. The lowest BCUT2D eigenvalue weighted by Crippen LogP contribution is -3.00. The smallest absolute Gasteiger partial charge is 0.104 e. The van der Waals surface area contributed by atoms with E-state index in [-0.39, 0.29) is 19.0 Å². The summed E-state index contributed by atoms with van der Waals surface area (Å²) in [5.74, 6) is 0. The Labute approximate surface area is 165 Å². The fourth-order valence-electron chi connectivity index (χ4n) is 2.96. The molecule has 3 nitrogen and oxygen atoms in total. The molecule has 3 rings (SSSR count). The van der Waals surface area contributed by atoms with E-state index in [1.807, 2.05) is 6.07 Å². The average Bonchev–Trinajstić information content (AvgIpc) is 2.55. The number of para-hydroxylation sites is 1. The summed E-state index contributed by atoms with van der Waals surface area (Å²) in [5, 5.41) is 10.1. The predicted octanol–water partition coefficient (Wildman–Crippen LogP) is 1.40. The number of hydrogen-bond acceptors (Lipinski definition) is 3. The van der Waals surface area contributed by atoms with Crippen molar-refractivity contribution >= 4 is 34.7 Å². The van der Waals surface area contributed by atoms with Gasteiger partial charge in [0.05, 0.1) is 38.6 Å². The number of aliphatic hydroxyl groups is 1. The Bertz CT molecular complexity index is 739. The molecule has 0 amide bonds. The highest BCUT2D eigenvalue weighted by Gasteiger charge is 2.30. The minimum Gasteiger partial charge on any atom is -1.00 e. The second-order valence-electron chi connectivity index (χ2n) is 6.87. The van der Waals surface area contributed by atoms with Crippen LogP contribution >= 0.6 is 23.4 Å². The highest BCUT2D eigenvalue weighted by Crippen LogP contribution is 2.48. The van der Waals surface area contributed by atoms with Crippen LogP contribution in [0, 0.1) is 0 Å². The molecule has 2 aromatic carbocycles. The summed E-state index contributed by atoms with van der Waals surface area (Å²) in [6.45, 7) is 4.06. The lowest BCUT2D eigenvalue weighted by molar-refractivity contribution is -0.911. The van der Waals surface area contributed by atoms with Crippen LogP contribution in [-0.4, -0.2) is 49.4 Å². The van der Waals surface area contributed by atoms with Crippen LogP contribution in [0.25, 0.3) is 0 Å². The predicted molar refractivity (Wildman–Crippen MR) is 103 cm³/mol. The molecule has 1 heterocycles. The summed E-state index contributed by atoms with van der Waals surface area (Å²) in [5.41, 5.74) is 2.40. The monoisotopic (exact) mass is 398 g/mol. The maximum absolute atomic E-state index is 9.36. The molecule has 1 aliphatic heterocycles. The lowest BCUT2D eigenvalue weighted by atomic mass is 10.1. The Balaban J connectivity index is 0.00000225. The minimum absolute atomic E-state index is 0. The van der Waals surface area contributed by atoms with Crippen LogP contribution in [0.1, 0.15) is 6.92 Å². The summed E-state index contributed by atoms with van der Waals surface area (Å²) in [7, 11) is 4.34. The first-order valence-corrected chi connectivity index (χ1v) is 9.39. The first-order chi connectivity index (χ1) is 11.4. The van der Waals surface area contributed by atoms with Crippen LogP contribution in [0.5, 0.6) is 0 Å². The molecule has 6 heteroatoms. The fourth-order valence-corrected chi connectivity index (χ4v) is 4.20. The molecule has 2 aromatic rings. The SMILES string of the molecule is CC(CN1c2ccccc2Sc2ccc(Cl)cc21)[N+](C)(C)CCO.[Cl-]. The zero-order valence-corrected chi connectivity index (χ0v) is 17.1. The molecule has 0 aliphatic carbocycles. The van der Waals surface area contributed by atoms with E-state index in [1.165, 1.54) is 21.2 Å². The fraction of sp³-hybridized carbons (Fsp3) is 0.368. The van der Waals surface area contributed by atoms with Crippen molar-refractivity contribution in [2.75, 3.05) is 38.7 Å². The summed E-state index contributed by atoms with van der Waals surface area (Å²) < 4.78 is 0.776. The molecular weight excluding hydrogens is 375 g/mol. The molecule has 25 heavy (non-hydrogen) atoms. The number of benzene rings is 2. The van der Waals surface area contributed by atoms with Gasteiger partial charge in [-0.15, -0.1) is 0 Å². The number of quaternary nitrogens is 1. The number of hydrogen-bond donors (Lipinski definition) is 1. The van der Waals surface area contributed by atoms with Gasteiger partial charge in [-0.1, -0.05) is 35.5 Å². The summed E-state index contributed by atoms with van der Waals surface area (Å²) in [4.78, 5) is 4.87. The van der Waals surface area contributed by atoms with E-state index in [9.17, 15) is 5.11 Å². The van der Waals surface area contributed by atoms with Crippen LogP contribution in [0.2, 0.25) is 5.02 Å². The van der Waals surface area contributed by atoms with Crippen molar-refractivity contribution in [3.63, 3.8) is 0 Å². The van der Waals surface area contributed by atoms with Crippen molar-refractivity contribution in [1.29, 1.82) is 0 Å². The highest BCUT2D eigenvalue weighted by molar-refractivity contribution is 7.99. The van der Waals surface area contributed by atoms with E-state index in [4.69, 9.17) is 11.6 Å². The number of rotatable bonds is 5. The van der Waals surface area contributed by atoms with Crippen LogP contribution in [-0.2, 0) is 0 Å². The highest BCUT2D eigenvalue weighted by atomic mass is 35.5. The topological polar surface area (TPSA) is 23.5 Å². The van der Waals surface area contributed by atoms with Gasteiger partial charge in [0.1, 0.15) is 12.6 Å². The molecule has 0 fully saturated rings. The Morgan fingerprint density at radius 2 is 1.80 bits per heavy atom. The summed E-state index contributed by atoms with van der Waals surface area (Å²) in [6.07, 6.45) is 0. The minimum atomic E-state index is 0. The van der Waals surface area contributed by atoms with Crippen molar-refractivity contribution in [2.45, 2.75) is 22.8 Å².